The zero-order valence-corrected chi connectivity index (χ0v) is 7.08. The van der Waals surface area contributed by atoms with Crippen molar-refractivity contribution in [2.24, 2.45) is 5.73 Å². The lowest BCUT2D eigenvalue weighted by atomic mass is 10.2. The van der Waals surface area contributed by atoms with Crippen LogP contribution in [0.2, 0.25) is 0 Å². The molecule has 0 saturated carbocycles. The highest BCUT2D eigenvalue weighted by molar-refractivity contribution is 5.87. The van der Waals surface area contributed by atoms with Crippen molar-refractivity contribution in [2.75, 3.05) is 19.8 Å². The molecule has 0 rings (SSSR count). The summed E-state index contributed by atoms with van der Waals surface area (Å²) in [6, 6.07) is 0. The van der Waals surface area contributed by atoms with E-state index in [9.17, 15) is 4.79 Å². The van der Waals surface area contributed by atoms with Crippen LogP contribution in [0.3, 0.4) is 0 Å². The van der Waals surface area contributed by atoms with Crippen molar-refractivity contribution in [1.82, 2.24) is 0 Å². The van der Waals surface area contributed by atoms with Crippen LogP contribution in [0.25, 0.3) is 0 Å². The fourth-order valence-corrected chi connectivity index (χ4v) is 0.608. The quantitative estimate of drug-likeness (QED) is 0.332. The first-order chi connectivity index (χ1) is 5.72. The van der Waals surface area contributed by atoms with Crippen LogP contribution in [0.1, 0.15) is 12.8 Å². The molecule has 0 amide bonds. The van der Waals surface area contributed by atoms with Gasteiger partial charge in [0.05, 0.1) is 6.61 Å². The summed E-state index contributed by atoms with van der Waals surface area (Å²) >= 11 is 0. The molecule has 0 unspecified atom stereocenters. The molecule has 0 aromatic heterocycles. The Balaban J connectivity index is 3.50. The van der Waals surface area contributed by atoms with Crippen molar-refractivity contribution in [2.45, 2.75) is 12.8 Å². The number of carbonyl (C=O) groups is 1. The Labute approximate surface area is 72.0 Å². The number of aliphatic hydroxyl groups is 1. The van der Waals surface area contributed by atoms with Gasteiger partial charge in [-0.15, -0.1) is 0 Å². The monoisotopic (exact) mass is 173 g/mol. The Morgan fingerprint density at radius 2 is 2.25 bits per heavy atom. The molecule has 0 aliphatic heterocycles. The second-order valence-corrected chi connectivity index (χ2v) is 2.36. The van der Waals surface area contributed by atoms with E-state index in [4.69, 9.17) is 15.6 Å². The number of nitrogens with two attached hydrogens (primary N) is 1. The maximum atomic E-state index is 10.9. The number of hydrogen-bond donors (Lipinski definition) is 2. The number of aliphatic hydroxyl groups excluding tert-OH is 1. The summed E-state index contributed by atoms with van der Waals surface area (Å²) in [7, 11) is 0. The second kappa shape index (κ2) is 6.82. The first-order valence-electron chi connectivity index (χ1n) is 3.88. The van der Waals surface area contributed by atoms with Crippen LogP contribution in [-0.2, 0) is 9.53 Å². The fourth-order valence-electron chi connectivity index (χ4n) is 0.608. The molecule has 0 aromatic carbocycles. The third-order valence-electron chi connectivity index (χ3n) is 1.27. The van der Waals surface area contributed by atoms with Gasteiger partial charge < -0.3 is 15.6 Å². The summed E-state index contributed by atoms with van der Waals surface area (Å²) in [6.07, 6.45) is 0.916. The topological polar surface area (TPSA) is 72.6 Å². The number of hydrogen-bond acceptors (Lipinski definition) is 4. The average Bonchev–Trinajstić information content (AvgIpc) is 2.05. The lowest BCUT2D eigenvalue weighted by molar-refractivity contribution is -0.139. The van der Waals surface area contributed by atoms with Gasteiger partial charge >= 0.3 is 5.97 Å². The summed E-state index contributed by atoms with van der Waals surface area (Å²) in [5, 5.41) is 8.39. The minimum atomic E-state index is -0.422. The van der Waals surface area contributed by atoms with Gasteiger partial charge in [-0.05, 0) is 13.0 Å². The third-order valence-corrected chi connectivity index (χ3v) is 1.27. The first-order valence-corrected chi connectivity index (χ1v) is 3.88. The first kappa shape index (κ1) is 11.1. The second-order valence-electron chi connectivity index (χ2n) is 2.36. The van der Waals surface area contributed by atoms with Gasteiger partial charge in [0.15, 0.2) is 0 Å². The molecule has 0 aliphatic rings. The van der Waals surface area contributed by atoms with Crippen LogP contribution >= 0.6 is 0 Å². The van der Waals surface area contributed by atoms with Gasteiger partial charge in [0.2, 0.25) is 0 Å². The fraction of sp³-hybridized carbons (Fsp3) is 0.625. The Bertz CT molecular complexity index is 156. The molecule has 70 valence electrons. The average molecular weight is 173 g/mol. The normalized spacial score (nSPS) is 9.50. The van der Waals surface area contributed by atoms with E-state index < -0.39 is 5.97 Å². The predicted molar refractivity (Wildman–Crippen MR) is 45.5 cm³/mol. The van der Waals surface area contributed by atoms with Crippen LogP contribution in [0.5, 0.6) is 0 Å². The molecule has 4 heteroatoms. The molecule has 0 saturated heterocycles. The largest absolute Gasteiger partial charge is 0.462 e. The van der Waals surface area contributed by atoms with Crippen LogP contribution in [0.15, 0.2) is 12.2 Å². The minimum Gasteiger partial charge on any atom is -0.462 e. The highest BCUT2D eigenvalue weighted by Crippen LogP contribution is 1.99. The van der Waals surface area contributed by atoms with Gasteiger partial charge in [0, 0.05) is 18.6 Å². The molecule has 4 nitrogen and oxygen atoms in total. The maximum absolute atomic E-state index is 10.9. The van der Waals surface area contributed by atoms with Crippen LogP contribution in [-0.4, -0.2) is 30.8 Å². The molecular formula is C8H15NO3. The molecule has 3 N–H and O–H groups in total. The standard InChI is InChI=1S/C8H15NO3/c1-7(3-4-9)8(11)12-6-2-5-10/h10H,1-6,9H2. The highest BCUT2D eigenvalue weighted by Gasteiger charge is 2.06. The molecule has 0 aliphatic carbocycles. The van der Waals surface area contributed by atoms with E-state index in [1.165, 1.54) is 0 Å². The molecule has 0 radical (unpaired) electrons. The Kier molecular flexibility index (Phi) is 6.32. The predicted octanol–water partition coefficient (Wildman–Crippen LogP) is -0.183. The highest BCUT2D eigenvalue weighted by atomic mass is 16.5. The lowest BCUT2D eigenvalue weighted by Gasteiger charge is -2.04. The summed E-state index contributed by atoms with van der Waals surface area (Å²) < 4.78 is 4.74. The van der Waals surface area contributed by atoms with E-state index in [0.717, 1.165) is 0 Å². The van der Waals surface area contributed by atoms with Gasteiger partial charge in [0.1, 0.15) is 0 Å². The Morgan fingerprint density at radius 3 is 2.75 bits per heavy atom. The number of esters is 1. The molecule has 0 bridgehead atoms. The van der Waals surface area contributed by atoms with E-state index in [2.05, 4.69) is 6.58 Å². The molecule has 0 fully saturated rings. The number of carbonyl (C=O) groups excluding carboxylic acids is 1. The van der Waals surface area contributed by atoms with Crippen molar-refractivity contribution in [1.29, 1.82) is 0 Å². The zero-order chi connectivity index (χ0) is 9.40. The van der Waals surface area contributed by atoms with E-state index in [0.29, 0.717) is 25.0 Å². The summed E-state index contributed by atoms with van der Waals surface area (Å²) in [5.74, 6) is -0.422. The van der Waals surface area contributed by atoms with Crippen molar-refractivity contribution in [3.8, 4) is 0 Å². The summed E-state index contributed by atoms with van der Waals surface area (Å²) in [5.41, 5.74) is 5.60. The summed E-state index contributed by atoms with van der Waals surface area (Å²) in [4.78, 5) is 10.9. The molecule has 0 heterocycles. The van der Waals surface area contributed by atoms with E-state index in [1.54, 1.807) is 0 Å². The molecule has 0 atom stereocenters. The van der Waals surface area contributed by atoms with Gasteiger partial charge in [-0.1, -0.05) is 6.58 Å². The smallest absolute Gasteiger partial charge is 0.333 e. The van der Waals surface area contributed by atoms with Crippen LogP contribution in [0.4, 0.5) is 0 Å². The summed E-state index contributed by atoms with van der Waals surface area (Å²) in [6.45, 7) is 4.16. The molecule has 0 spiro atoms. The van der Waals surface area contributed by atoms with Crippen LogP contribution < -0.4 is 5.73 Å². The van der Waals surface area contributed by atoms with Gasteiger partial charge in [-0.3, -0.25) is 0 Å². The van der Waals surface area contributed by atoms with Crippen molar-refractivity contribution >= 4 is 5.97 Å². The Hall–Kier alpha value is -0.870. The minimum absolute atomic E-state index is 0.0244. The van der Waals surface area contributed by atoms with Crippen molar-refractivity contribution in [3.63, 3.8) is 0 Å². The molecular weight excluding hydrogens is 158 g/mol. The van der Waals surface area contributed by atoms with E-state index in [1.807, 2.05) is 0 Å². The lowest BCUT2D eigenvalue weighted by Crippen LogP contribution is -2.12. The van der Waals surface area contributed by atoms with E-state index in [-0.39, 0.29) is 13.2 Å². The van der Waals surface area contributed by atoms with Crippen LogP contribution in [0, 0.1) is 0 Å². The van der Waals surface area contributed by atoms with Gasteiger partial charge in [-0.2, -0.15) is 0 Å². The van der Waals surface area contributed by atoms with Crippen molar-refractivity contribution in [3.05, 3.63) is 12.2 Å². The van der Waals surface area contributed by atoms with E-state index >= 15 is 0 Å². The maximum Gasteiger partial charge on any atom is 0.333 e. The number of ether oxygens (including phenoxy) is 1. The van der Waals surface area contributed by atoms with Crippen molar-refractivity contribution < 1.29 is 14.6 Å². The Morgan fingerprint density at radius 1 is 1.58 bits per heavy atom. The van der Waals surface area contributed by atoms with Gasteiger partial charge in [-0.25, -0.2) is 4.79 Å². The molecule has 12 heavy (non-hydrogen) atoms. The van der Waals surface area contributed by atoms with Gasteiger partial charge in [0.25, 0.3) is 0 Å². The zero-order valence-electron chi connectivity index (χ0n) is 7.08. The third kappa shape index (κ3) is 4.87. The SMILES string of the molecule is C=C(CCN)C(=O)OCCCO. The number of rotatable bonds is 6. The molecule has 0 aromatic rings.